The van der Waals surface area contributed by atoms with E-state index in [9.17, 15) is 19.2 Å². The molecule has 0 saturated carbocycles. The van der Waals surface area contributed by atoms with E-state index in [4.69, 9.17) is 4.42 Å². The number of hydrogen-bond acceptors (Lipinski definition) is 6. The lowest BCUT2D eigenvalue weighted by Gasteiger charge is -2.15. The Hall–Kier alpha value is -3.85. The molecule has 0 aliphatic carbocycles. The van der Waals surface area contributed by atoms with Gasteiger partial charge >= 0.3 is 0 Å². The van der Waals surface area contributed by atoms with E-state index in [1.165, 1.54) is 29.8 Å². The molecule has 0 spiro atoms. The highest BCUT2D eigenvalue weighted by molar-refractivity contribution is 8.00. The summed E-state index contributed by atoms with van der Waals surface area (Å²) in [4.78, 5) is 50.5. The number of nitrogens with zero attached hydrogens (tertiary/aromatic N) is 1. The molecule has 32 heavy (non-hydrogen) atoms. The Bertz CT molecular complexity index is 1160. The second-order valence-corrected chi connectivity index (χ2v) is 8.34. The lowest BCUT2D eigenvalue weighted by molar-refractivity contribution is -0.121. The molecule has 1 aliphatic rings. The van der Waals surface area contributed by atoms with E-state index in [2.05, 4.69) is 10.6 Å². The van der Waals surface area contributed by atoms with Gasteiger partial charge in [-0.25, -0.2) is 4.90 Å². The Morgan fingerprint density at radius 3 is 2.25 bits per heavy atom. The molecule has 1 fully saturated rings. The van der Waals surface area contributed by atoms with Crippen LogP contribution in [0, 0.1) is 0 Å². The summed E-state index contributed by atoms with van der Waals surface area (Å²) in [6, 6.07) is 16.8. The highest BCUT2D eigenvalue weighted by atomic mass is 32.2. The van der Waals surface area contributed by atoms with Crippen molar-refractivity contribution in [2.24, 2.45) is 0 Å². The average Bonchev–Trinajstić information content (AvgIpc) is 3.39. The van der Waals surface area contributed by atoms with Gasteiger partial charge in [0.2, 0.25) is 17.7 Å². The van der Waals surface area contributed by atoms with Gasteiger partial charge in [0.05, 0.1) is 17.2 Å². The number of rotatable bonds is 6. The number of nitrogens with one attached hydrogen (secondary N) is 2. The Morgan fingerprint density at radius 1 is 0.969 bits per heavy atom. The summed E-state index contributed by atoms with van der Waals surface area (Å²) in [6.45, 7) is 1.41. The molecule has 162 valence electrons. The van der Waals surface area contributed by atoms with Gasteiger partial charge in [0.25, 0.3) is 5.91 Å². The van der Waals surface area contributed by atoms with Crippen LogP contribution in [-0.2, 0) is 14.4 Å². The van der Waals surface area contributed by atoms with Crippen molar-refractivity contribution in [1.82, 2.24) is 0 Å². The van der Waals surface area contributed by atoms with Gasteiger partial charge in [-0.15, -0.1) is 11.8 Å². The first-order valence-electron chi connectivity index (χ1n) is 9.77. The summed E-state index contributed by atoms with van der Waals surface area (Å²) in [7, 11) is 0. The minimum absolute atomic E-state index is 0.0912. The van der Waals surface area contributed by atoms with E-state index in [1.54, 1.807) is 60.7 Å². The van der Waals surface area contributed by atoms with Gasteiger partial charge in [0, 0.05) is 29.6 Å². The molecule has 1 saturated heterocycles. The average molecular weight is 449 g/mol. The zero-order valence-electron chi connectivity index (χ0n) is 17.0. The maximum atomic E-state index is 12.9. The van der Waals surface area contributed by atoms with Crippen LogP contribution in [0.1, 0.15) is 23.9 Å². The fourth-order valence-corrected chi connectivity index (χ4v) is 4.30. The van der Waals surface area contributed by atoms with Crippen LogP contribution in [0.4, 0.5) is 17.1 Å². The summed E-state index contributed by atoms with van der Waals surface area (Å²) >= 11 is 1.30. The first kappa shape index (κ1) is 21.4. The van der Waals surface area contributed by atoms with Crippen molar-refractivity contribution >= 4 is 52.5 Å². The number of benzene rings is 2. The maximum absolute atomic E-state index is 12.9. The molecular formula is C23H19N3O5S. The van der Waals surface area contributed by atoms with Crippen molar-refractivity contribution in [3.8, 4) is 0 Å². The molecule has 1 aliphatic heterocycles. The monoisotopic (exact) mass is 449 g/mol. The quantitative estimate of drug-likeness (QED) is 0.552. The second-order valence-electron chi connectivity index (χ2n) is 7.06. The zero-order chi connectivity index (χ0) is 22.7. The van der Waals surface area contributed by atoms with Crippen LogP contribution in [0.15, 0.2) is 76.2 Å². The van der Waals surface area contributed by atoms with Gasteiger partial charge in [-0.05, 0) is 60.7 Å². The number of carbonyl (C=O) groups is 4. The standard InChI is InChI=1S/C23H19N3O5S/c1-14(27)24-15-4-8-17(9-5-15)26-21(28)13-20(23(26)30)32-18-10-6-16(7-11-18)25-22(29)19-3-2-12-31-19/h2-12,20H,13H2,1H3,(H,24,27)(H,25,29). The Morgan fingerprint density at radius 2 is 1.62 bits per heavy atom. The fraction of sp³-hybridized carbons (Fsp3) is 0.130. The van der Waals surface area contributed by atoms with Crippen LogP contribution in [-0.4, -0.2) is 28.9 Å². The predicted octanol–water partition coefficient (Wildman–Crippen LogP) is 3.91. The smallest absolute Gasteiger partial charge is 0.291 e. The summed E-state index contributed by atoms with van der Waals surface area (Å²) in [5.74, 6) is -0.908. The van der Waals surface area contributed by atoms with Gasteiger partial charge in [-0.3, -0.25) is 19.2 Å². The lowest BCUT2D eigenvalue weighted by atomic mass is 10.2. The van der Waals surface area contributed by atoms with Gasteiger partial charge in [0.15, 0.2) is 5.76 Å². The molecular weight excluding hydrogens is 430 g/mol. The fourth-order valence-electron chi connectivity index (χ4n) is 3.25. The first-order chi connectivity index (χ1) is 15.4. The van der Waals surface area contributed by atoms with E-state index in [0.29, 0.717) is 17.1 Å². The normalized spacial score (nSPS) is 15.7. The van der Waals surface area contributed by atoms with E-state index < -0.39 is 5.25 Å². The van der Waals surface area contributed by atoms with Crippen molar-refractivity contribution in [3.63, 3.8) is 0 Å². The zero-order valence-corrected chi connectivity index (χ0v) is 17.8. The van der Waals surface area contributed by atoms with Gasteiger partial charge in [-0.1, -0.05) is 0 Å². The third kappa shape index (κ3) is 4.73. The van der Waals surface area contributed by atoms with Crippen LogP contribution >= 0.6 is 11.8 Å². The summed E-state index contributed by atoms with van der Waals surface area (Å²) < 4.78 is 5.06. The molecule has 0 radical (unpaired) electrons. The van der Waals surface area contributed by atoms with E-state index in [-0.39, 0.29) is 35.8 Å². The van der Waals surface area contributed by atoms with Crippen LogP contribution < -0.4 is 15.5 Å². The van der Waals surface area contributed by atoms with Gasteiger partial charge in [0.1, 0.15) is 0 Å². The van der Waals surface area contributed by atoms with Gasteiger partial charge < -0.3 is 15.1 Å². The topological polar surface area (TPSA) is 109 Å². The lowest BCUT2D eigenvalue weighted by Crippen LogP contribution is -2.31. The molecule has 3 aromatic rings. The number of imide groups is 1. The molecule has 2 aromatic carbocycles. The molecule has 4 amide bonds. The molecule has 9 heteroatoms. The molecule has 1 aromatic heterocycles. The second kappa shape index (κ2) is 9.11. The Labute approximate surface area is 188 Å². The van der Waals surface area contributed by atoms with Crippen LogP contribution in [0.2, 0.25) is 0 Å². The SMILES string of the molecule is CC(=O)Nc1ccc(N2C(=O)CC(Sc3ccc(NC(=O)c4ccco4)cc3)C2=O)cc1. The third-order valence-electron chi connectivity index (χ3n) is 4.69. The van der Waals surface area contributed by atoms with Crippen molar-refractivity contribution in [3.05, 3.63) is 72.7 Å². The molecule has 2 N–H and O–H groups in total. The number of hydrogen-bond donors (Lipinski definition) is 2. The summed E-state index contributed by atoms with van der Waals surface area (Å²) in [5.41, 5.74) is 1.64. The maximum Gasteiger partial charge on any atom is 0.291 e. The molecule has 4 rings (SSSR count). The van der Waals surface area contributed by atoms with E-state index in [0.717, 1.165) is 4.90 Å². The number of carbonyl (C=O) groups excluding carboxylic acids is 4. The molecule has 1 unspecified atom stereocenters. The highest BCUT2D eigenvalue weighted by Crippen LogP contribution is 2.34. The van der Waals surface area contributed by atoms with Gasteiger partial charge in [-0.2, -0.15) is 0 Å². The van der Waals surface area contributed by atoms with Crippen LogP contribution in [0.25, 0.3) is 0 Å². The molecule has 2 heterocycles. The number of anilines is 3. The van der Waals surface area contributed by atoms with Crippen molar-refractivity contribution in [2.45, 2.75) is 23.5 Å². The number of thioether (sulfide) groups is 1. The molecule has 0 bridgehead atoms. The summed E-state index contributed by atoms with van der Waals surface area (Å²) in [5, 5.41) is 4.84. The minimum atomic E-state index is -0.541. The molecule has 1 atom stereocenters. The van der Waals surface area contributed by atoms with Crippen LogP contribution in [0.3, 0.4) is 0 Å². The minimum Gasteiger partial charge on any atom is -0.459 e. The van der Waals surface area contributed by atoms with Crippen molar-refractivity contribution < 1.29 is 23.6 Å². The number of amides is 4. The van der Waals surface area contributed by atoms with E-state index >= 15 is 0 Å². The summed E-state index contributed by atoms with van der Waals surface area (Å²) in [6.07, 6.45) is 1.52. The highest BCUT2D eigenvalue weighted by Gasteiger charge is 2.40. The van der Waals surface area contributed by atoms with Crippen molar-refractivity contribution in [1.29, 1.82) is 0 Å². The number of furan rings is 1. The van der Waals surface area contributed by atoms with E-state index in [1.807, 2.05) is 0 Å². The first-order valence-corrected chi connectivity index (χ1v) is 10.6. The Balaban J connectivity index is 1.39. The predicted molar refractivity (Wildman–Crippen MR) is 121 cm³/mol. The Kier molecular flexibility index (Phi) is 6.09. The van der Waals surface area contributed by atoms with Crippen molar-refractivity contribution in [2.75, 3.05) is 15.5 Å². The van der Waals surface area contributed by atoms with Crippen LogP contribution in [0.5, 0.6) is 0 Å². The third-order valence-corrected chi connectivity index (χ3v) is 5.88. The molecule has 8 nitrogen and oxygen atoms in total. The largest absolute Gasteiger partial charge is 0.459 e.